The Morgan fingerprint density at radius 2 is 1.82 bits per heavy atom. The summed E-state index contributed by atoms with van der Waals surface area (Å²) >= 11 is 0. The van der Waals surface area contributed by atoms with Crippen molar-refractivity contribution in [2.45, 2.75) is 43.9 Å². The highest BCUT2D eigenvalue weighted by Crippen LogP contribution is 2.61. The van der Waals surface area contributed by atoms with Crippen LogP contribution in [-0.2, 0) is 10.2 Å². The van der Waals surface area contributed by atoms with Gasteiger partial charge >= 0.3 is 0 Å². The van der Waals surface area contributed by atoms with Crippen molar-refractivity contribution in [2.24, 2.45) is 17.8 Å². The maximum Gasteiger partial charge on any atom is 0.233 e. The summed E-state index contributed by atoms with van der Waals surface area (Å²) < 4.78 is 5.93. The fraction of sp³-hybridized carbons (Fsp3) is 0.550. The van der Waals surface area contributed by atoms with Gasteiger partial charge in [0.1, 0.15) is 12.4 Å². The molecule has 2 heteroatoms. The molecule has 0 aromatic heterocycles. The van der Waals surface area contributed by atoms with E-state index in [0.29, 0.717) is 12.2 Å². The lowest BCUT2D eigenvalue weighted by Gasteiger charge is -2.57. The average molecular weight is 295 g/mol. The maximum atomic E-state index is 11.1. The summed E-state index contributed by atoms with van der Waals surface area (Å²) in [4.78, 5) is 11.1. The third-order valence-electron chi connectivity index (χ3n) is 6.06. The molecule has 0 atom stereocenters. The second-order valence-electron chi connectivity index (χ2n) is 7.61. The highest BCUT2D eigenvalue weighted by atomic mass is 16.5. The van der Waals surface area contributed by atoms with Gasteiger partial charge in [-0.1, -0.05) is 12.7 Å². The lowest BCUT2D eigenvalue weighted by molar-refractivity contribution is -0.00628. The van der Waals surface area contributed by atoms with Gasteiger partial charge in [0, 0.05) is 11.1 Å². The van der Waals surface area contributed by atoms with Crippen molar-refractivity contribution in [3.05, 3.63) is 42.0 Å². The normalized spacial score (nSPS) is 35.4. The predicted molar refractivity (Wildman–Crippen MR) is 86.8 cm³/mol. The van der Waals surface area contributed by atoms with Crippen molar-refractivity contribution in [1.82, 2.24) is 0 Å². The summed E-state index contributed by atoms with van der Waals surface area (Å²) in [6.45, 7) is 4.26. The molecule has 0 aliphatic heterocycles. The molecule has 0 N–H and O–H groups in total. The Morgan fingerprint density at radius 1 is 1.18 bits per heavy atom. The highest BCUT2D eigenvalue weighted by Gasteiger charge is 2.52. The minimum Gasteiger partial charge on any atom is -0.489 e. The SMILES string of the molecule is C=CCOc1ccc([C]=O)cc1C12CC3CC(CC(C3)C1)C2. The van der Waals surface area contributed by atoms with Crippen molar-refractivity contribution in [2.75, 3.05) is 6.61 Å². The van der Waals surface area contributed by atoms with Crippen LogP contribution in [0.4, 0.5) is 0 Å². The molecule has 1 aromatic carbocycles. The summed E-state index contributed by atoms with van der Waals surface area (Å²) in [5.41, 5.74) is 2.14. The van der Waals surface area contributed by atoms with Crippen LogP contribution in [-0.4, -0.2) is 12.9 Å². The summed E-state index contributed by atoms with van der Waals surface area (Å²) in [7, 11) is 0. The molecule has 4 fully saturated rings. The molecular weight excluding hydrogens is 272 g/mol. The van der Waals surface area contributed by atoms with Crippen LogP contribution in [0.2, 0.25) is 0 Å². The lowest BCUT2D eigenvalue weighted by atomic mass is 9.48. The standard InChI is InChI=1S/C20H23O2/c1-2-5-22-19-4-3-14(13-21)9-18(19)20-10-15-6-16(11-20)8-17(7-15)12-20/h2-4,9,15-17H,1,5-8,10-12H2. The van der Waals surface area contributed by atoms with Crippen LogP contribution in [0.25, 0.3) is 0 Å². The number of hydrogen-bond acceptors (Lipinski definition) is 2. The topological polar surface area (TPSA) is 26.3 Å². The first-order valence-electron chi connectivity index (χ1n) is 8.49. The van der Waals surface area contributed by atoms with Crippen molar-refractivity contribution in [1.29, 1.82) is 0 Å². The van der Waals surface area contributed by atoms with Crippen molar-refractivity contribution < 1.29 is 9.53 Å². The number of benzene rings is 1. The Morgan fingerprint density at radius 3 is 2.36 bits per heavy atom. The summed E-state index contributed by atoms with van der Waals surface area (Å²) in [6, 6.07) is 5.81. The molecule has 0 saturated heterocycles. The monoisotopic (exact) mass is 295 g/mol. The first-order valence-corrected chi connectivity index (χ1v) is 8.49. The Kier molecular flexibility index (Phi) is 3.36. The van der Waals surface area contributed by atoms with E-state index in [1.54, 1.807) is 6.08 Å². The number of carbonyl (C=O) groups excluding carboxylic acids is 1. The molecule has 115 valence electrons. The molecule has 0 amide bonds. The van der Waals surface area contributed by atoms with Crippen LogP contribution < -0.4 is 4.74 Å². The van der Waals surface area contributed by atoms with E-state index in [-0.39, 0.29) is 5.41 Å². The van der Waals surface area contributed by atoms with Crippen LogP contribution in [0.1, 0.15) is 49.7 Å². The van der Waals surface area contributed by atoms with Gasteiger partial charge in [-0.15, -0.1) is 0 Å². The van der Waals surface area contributed by atoms with Crippen LogP contribution in [0, 0.1) is 17.8 Å². The number of ether oxygens (including phenoxy) is 1. The van der Waals surface area contributed by atoms with Gasteiger partial charge in [-0.05, 0) is 79.9 Å². The molecule has 5 rings (SSSR count). The van der Waals surface area contributed by atoms with Crippen LogP contribution in [0.5, 0.6) is 5.75 Å². The second kappa shape index (κ2) is 5.26. The molecule has 4 aliphatic carbocycles. The fourth-order valence-corrected chi connectivity index (χ4v) is 5.72. The molecule has 4 saturated carbocycles. The first-order chi connectivity index (χ1) is 10.7. The fourth-order valence-electron chi connectivity index (χ4n) is 5.72. The zero-order chi connectivity index (χ0) is 15.2. The van der Waals surface area contributed by atoms with E-state index in [1.165, 1.54) is 44.1 Å². The van der Waals surface area contributed by atoms with E-state index in [4.69, 9.17) is 4.74 Å². The van der Waals surface area contributed by atoms with Gasteiger partial charge in [-0.2, -0.15) is 0 Å². The largest absolute Gasteiger partial charge is 0.489 e. The lowest BCUT2D eigenvalue weighted by Crippen LogP contribution is -2.48. The smallest absolute Gasteiger partial charge is 0.233 e. The van der Waals surface area contributed by atoms with E-state index >= 15 is 0 Å². The third-order valence-corrected chi connectivity index (χ3v) is 6.06. The van der Waals surface area contributed by atoms with Crippen molar-refractivity contribution >= 4 is 6.29 Å². The van der Waals surface area contributed by atoms with Gasteiger partial charge in [-0.3, -0.25) is 4.79 Å². The molecule has 22 heavy (non-hydrogen) atoms. The van der Waals surface area contributed by atoms with Gasteiger partial charge in [0.2, 0.25) is 6.29 Å². The van der Waals surface area contributed by atoms with Crippen molar-refractivity contribution in [3.8, 4) is 5.75 Å². The van der Waals surface area contributed by atoms with Crippen LogP contribution >= 0.6 is 0 Å². The molecular formula is C20H23O2. The quantitative estimate of drug-likeness (QED) is 0.762. The Labute approximate surface area is 132 Å². The summed E-state index contributed by atoms with van der Waals surface area (Å²) in [6.07, 6.45) is 11.9. The number of rotatable bonds is 5. The van der Waals surface area contributed by atoms with Gasteiger partial charge in [0.05, 0.1) is 0 Å². The first kappa shape index (κ1) is 14.0. The second-order valence-corrected chi connectivity index (χ2v) is 7.61. The predicted octanol–water partition coefficient (Wildman–Crippen LogP) is 4.18. The number of hydrogen-bond donors (Lipinski definition) is 0. The van der Waals surface area contributed by atoms with E-state index in [1.807, 2.05) is 18.2 Å². The maximum absolute atomic E-state index is 11.1. The van der Waals surface area contributed by atoms with E-state index < -0.39 is 0 Å². The molecule has 0 spiro atoms. The van der Waals surface area contributed by atoms with Gasteiger partial charge in [0.15, 0.2) is 0 Å². The van der Waals surface area contributed by atoms with E-state index in [2.05, 4.69) is 12.9 Å². The van der Waals surface area contributed by atoms with E-state index in [9.17, 15) is 4.79 Å². The molecule has 1 radical (unpaired) electrons. The molecule has 2 nitrogen and oxygen atoms in total. The minimum atomic E-state index is 0.234. The van der Waals surface area contributed by atoms with Gasteiger partial charge in [-0.25, -0.2) is 0 Å². The van der Waals surface area contributed by atoms with Gasteiger partial charge in [0.25, 0.3) is 0 Å². The average Bonchev–Trinajstić information content (AvgIpc) is 2.51. The Balaban J connectivity index is 1.76. The Bertz CT molecular complexity index is 566. The minimum absolute atomic E-state index is 0.234. The zero-order valence-corrected chi connectivity index (χ0v) is 13.0. The summed E-state index contributed by atoms with van der Waals surface area (Å²) in [5.74, 6) is 3.58. The van der Waals surface area contributed by atoms with Crippen molar-refractivity contribution in [3.63, 3.8) is 0 Å². The third kappa shape index (κ3) is 2.20. The highest BCUT2D eigenvalue weighted by molar-refractivity contribution is 5.76. The molecule has 4 bridgehead atoms. The Hall–Kier alpha value is -1.57. The molecule has 0 unspecified atom stereocenters. The molecule has 0 heterocycles. The zero-order valence-electron chi connectivity index (χ0n) is 13.0. The molecule has 1 aromatic rings. The van der Waals surface area contributed by atoms with E-state index in [0.717, 1.165) is 23.5 Å². The van der Waals surface area contributed by atoms with Crippen LogP contribution in [0.3, 0.4) is 0 Å². The molecule has 4 aliphatic rings. The van der Waals surface area contributed by atoms with Gasteiger partial charge < -0.3 is 4.74 Å². The van der Waals surface area contributed by atoms with Crippen LogP contribution in [0.15, 0.2) is 30.9 Å². The summed E-state index contributed by atoms with van der Waals surface area (Å²) in [5, 5.41) is 0.